The van der Waals surface area contributed by atoms with Crippen molar-refractivity contribution in [2.45, 2.75) is 36.7 Å². The van der Waals surface area contributed by atoms with Crippen LogP contribution in [-0.4, -0.2) is 14.8 Å². The SMILES string of the molecule is Cn1c(CSC2CCCC2)nc2ccccc2c1=O. The zero-order valence-corrected chi connectivity index (χ0v) is 11.9. The number of benzene rings is 1. The number of para-hydroxylation sites is 1. The van der Waals surface area contributed by atoms with E-state index in [0.717, 1.165) is 22.3 Å². The van der Waals surface area contributed by atoms with E-state index in [-0.39, 0.29) is 5.56 Å². The maximum atomic E-state index is 12.3. The molecule has 19 heavy (non-hydrogen) atoms. The quantitative estimate of drug-likeness (QED) is 0.862. The van der Waals surface area contributed by atoms with Crippen molar-refractivity contribution >= 4 is 22.7 Å². The van der Waals surface area contributed by atoms with Crippen LogP contribution in [0.4, 0.5) is 0 Å². The average molecular weight is 274 g/mol. The standard InChI is InChI=1S/C15H18N2OS/c1-17-14(10-19-11-6-2-3-7-11)16-13-9-5-4-8-12(13)15(17)18/h4-5,8-9,11H,2-3,6-7,10H2,1H3. The number of aromatic nitrogens is 2. The van der Waals surface area contributed by atoms with E-state index in [0.29, 0.717) is 5.39 Å². The lowest BCUT2D eigenvalue weighted by atomic mass is 10.2. The zero-order valence-electron chi connectivity index (χ0n) is 11.1. The third-order valence-corrected chi connectivity index (χ3v) is 5.19. The lowest BCUT2D eigenvalue weighted by Gasteiger charge is -2.11. The van der Waals surface area contributed by atoms with Crippen molar-refractivity contribution in [3.05, 3.63) is 40.4 Å². The van der Waals surface area contributed by atoms with Crippen LogP contribution >= 0.6 is 11.8 Å². The highest BCUT2D eigenvalue weighted by Gasteiger charge is 2.16. The summed E-state index contributed by atoms with van der Waals surface area (Å²) in [5.41, 5.74) is 0.875. The fourth-order valence-electron chi connectivity index (χ4n) is 2.64. The van der Waals surface area contributed by atoms with Gasteiger partial charge in [-0.15, -0.1) is 0 Å². The predicted molar refractivity (Wildman–Crippen MR) is 80.5 cm³/mol. The van der Waals surface area contributed by atoms with Gasteiger partial charge in [0, 0.05) is 12.3 Å². The first-order chi connectivity index (χ1) is 9.25. The molecule has 0 aliphatic heterocycles. The van der Waals surface area contributed by atoms with Gasteiger partial charge >= 0.3 is 0 Å². The van der Waals surface area contributed by atoms with Crippen LogP contribution in [0.5, 0.6) is 0 Å². The minimum atomic E-state index is 0.0626. The second kappa shape index (κ2) is 5.37. The number of hydrogen-bond acceptors (Lipinski definition) is 3. The summed E-state index contributed by atoms with van der Waals surface area (Å²) in [6.45, 7) is 0. The Morgan fingerprint density at radius 2 is 2.05 bits per heavy atom. The lowest BCUT2D eigenvalue weighted by molar-refractivity contribution is 0.782. The van der Waals surface area contributed by atoms with Crippen molar-refractivity contribution in [1.82, 2.24) is 9.55 Å². The molecule has 4 heteroatoms. The molecule has 2 aromatic rings. The molecule has 0 unspecified atom stereocenters. The molecule has 0 N–H and O–H groups in total. The number of rotatable bonds is 3. The van der Waals surface area contributed by atoms with Gasteiger partial charge in [0.1, 0.15) is 5.82 Å². The summed E-state index contributed by atoms with van der Waals surface area (Å²) < 4.78 is 1.70. The van der Waals surface area contributed by atoms with E-state index < -0.39 is 0 Å². The molecule has 1 fully saturated rings. The van der Waals surface area contributed by atoms with Crippen LogP contribution in [0.1, 0.15) is 31.5 Å². The average Bonchev–Trinajstić information content (AvgIpc) is 2.94. The van der Waals surface area contributed by atoms with Crippen molar-refractivity contribution in [1.29, 1.82) is 0 Å². The molecule has 0 bridgehead atoms. The lowest BCUT2D eigenvalue weighted by Crippen LogP contribution is -2.22. The first kappa shape index (κ1) is 12.7. The molecule has 1 aliphatic carbocycles. The van der Waals surface area contributed by atoms with Crippen LogP contribution in [0.3, 0.4) is 0 Å². The molecule has 3 rings (SSSR count). The van der Waals surface area contributed by atoms with Gasteiger partial charge in [0.15, 0.2) is 0 Å². The van der Waals surface area contributed by atoms with Crippen LogP contribution in [0.2, 0.25) is 0 Å². The fourth-order valence-corrected chi connectivity index (χ4v) is 3.95. The van der Waals surface area contributed by atoms with E-state index in [9.17, 15) is 4.79 Å². The van der Waals surface area contributed by atoms with Gasteiger partial charge in [0.25, 0.3) is 5.56 Å². The van der Waals surface area contributed by atoms with Crippen molar-refractivity contribution in [2.75, 3.05) is 0 Å². The Morgan fingerprint density at radius 1 is 1.32 bits per heavy atom. The predicted octanol–water partition coefficient (Wildman–Crippen LogP) is 3.11. The third-order valence-electron chi connectivity index (χ3n) is 3.83. The van der Waals surface area contributed by atoms with Gasteiger partial charge in [-0.1, -0.05) is 25.0 Å². The number of fused-ring (bicyclic) bond motifs is 1. The van der Waals surface area contributed by atoms with E-state index in [1.807, 2.05) is 43.1 Å². The molecule has 3 nitrogen and oxygen atoms in total. The first-order valence-corrected chi connectivity index (χ1v) is 7.87. The van der Waals surface area contributed by atoms with Gasteiger partial charge in [-0.25, -0.2) is 4.98 Å². The Balaban J connectivity index is 1.90. The van der Waals surface area contributed by atoms with E-state index in [4.69, 9.17) is 0 Å². The highest BCUT2D eigenvalue weighted by Crippen LogP contribution is 2.31. The molecule has 0 amide bonds. The normalized spacial score (nSPS) is 16.3. The third kappa shape index (κ3) is 2.54. The van der Waals surface area contributed by atoms with Crippen molar-refractivity contribution < 1.29 is 0 Å². The van der Waals surface area contributed by atoms with E-state index in [1.165, 1.54) is 25.7 Å². The molecule has 1 saturated carbocycles. The molecule has 0 radical (unpaired) electrons. The van der Waals surface area contributed by atoms with Crippen molar-refractivity contribution in [3.8, 4) is 0 Å². The molecule has 1 aromatic heterocycles. The summed E-state index contributed by atoms with van der Waals surface area (Å²) in [6.07, 6.45) is 5.32. The summed E-state index contributed by atoms with van der Waals surface area (Å²) >= 11 is 1.95. The Hall–Kier alpha value is -1.29. The summed E-state index contributed by atoms with van der Waals surface area (Å²) in [5, 5.41) is 1.46. The van der Waals surface area contributed by atoms with Gasteiger partial charge < -0.3 is 0 Å². The highest BCUT2D eigenvalue weighted by atomic mass is 32.2. The van der Waals surface area contributed by atoms with Gasteiger partial charge in [-0.05, 0) is 25.0 Å². The molecule has 1 aromatic carbocycles. The van der Waals surface area contributed by atoms with Crippen LogP contribution in [0.15, 0.2) is 29.1 Å². The Labute approximate surface area is 117 Å². The molecule has 0 atom stereocenters. The molecule has 1 heterocycles. The monoisotopic (exact) mass is 274 g/mol. The highest BCUT2D eigenvalue weighted by molar-refractivity contribution is 7.99. The minimum Gasteiger partial charge on any atom is -0.299 e. The van der Waals surface area contributed by atoms with Crippen LogP contribution < -0.4 is 5.56 Å². The molecular formula is C15H18N2OS. The molecule has 1 aliphatic rings. The van der Waals surface area contributed by atoms with Gasteiger partial charge in [-0.3, -0.25) is 9.36 Å². The van der Waals surface area contributed by atoms with Gasteiger partial charge in [0.2, 0.25) is 0 Å². The van der Waals surface area contributed by atoms with Crippen molar-refractivity contribution in [3.63, 3.8) is 0 Å². The fraction of sp³-hybridized carbons (Fsp3) is 0.467. The topological polar surface area (TPSA) is 34.9 Å². The first-order valence-electron chi connectivity index (χ1n) is 6.82. The second-order valence-corrected chi connectivity index (χ2v) is 6.42. The maximum Gasteiger partial charge on any atom is 0.261 e. The number of nitrogens with zero attached hydrogens (tertiary/aromatic N) is 2. The van der Waals surface area contributed by atoms with Crippen LogP contribution in [0.25, 0.3) is 10.9 Å². The maximum absolute atomic E-state index is 12.3. The number of thioether (sulfide) groups is 1. The smallest absolute Gasteiger partial charge is 0.261 e. The van der Waals surface area contributed by atoms with Crippen molar-refractivity contribution in [2.24, 2.45) is 7.05 Å². The Bertz CT molecular complexity index is 644. The molecular weight excluding hydrogens is 256 g/mol. The largest absolute Gasteiger partial charge is 0.299 e. The second-order valence-electron chi connectivity index (χ2n) is 5.13. The van der Waals surface area contributed by atoms with E-state index in [2.05, 4.69) is 4.98 Å². The number of hydrogen-bond donors (Lipinski definition) is 0. The Kier molecular flexibility index (Phi) is 3.60. The van der Waals surface area contributed by atoms with Gasteiger partial charge in [-0.2, -0.15) is 11.8 Å². The van der Waals surface area contributed by atoms with Crippen LogP contribution in [-0.2, 0) is 12.8 Å². The molecule has 0 spiro atoms. The Morgan fingerprint density at radius 3 is 2.84 bits per heavy atom. The summed E-state index contributed by atoms with van der Waals surface area (Å²) in [6, 6.07) is 7.58. The summed E-state index contributed by atoms with van der Waals surface area (Å²) in [7, 11) is 1.83. The zero-order chi connectivity index (χ0) is 13.2. The molecule has 100 valence electrons. The minimum absolute atomic E-state index is 0.0626. The summed E-state index contributed by atoms with van der Waals surface area (Å²) in [5.74, 6) is 1.72. The molecule has 0 saturated heterocycles. The van der Waals surface area contributed by atoms with Gasteiger partial charge in [0.05, 0.1) is 16.7 Å². The van der Waals surface area contributed by atoms with E-state index >= 15 is 0 Å². The van der Waals surface area contributed by atoms with E-state index in [1.54, 1.807) is 4.57 Å². The summed E-state index contributed by atoms with van der Waals surface area (Å²) in [4.78, 5) is 16.9. The van der Waals surface area contributed by atoms with Crippen LogP contribution in [0, 0.1) is 0 Å².